The van der Waals surface area contributed by atoms with Gasteiger partial charge in [-0.1, -0.05) is 0 Å². The van der Waals surface area contributed by atoms with E-state index in [1.165, 1.54) is 33.7 Å². The SMILES string of the molecule is CC1=NC2=C(O)C(C)=C(C)C3=C(C)C(C)=C(C)C(=C1C)N23.CC1=NC2=C(O)C(C)=C(C)C3=C(C)C(C)=NC(=C1)N23.CC1=NC2=C(O)C(C)=C(C)C3=NC(C)=C(C)C(=C1C)N32.CC1=NC2=C(O)C(C)=NC3=C(C)C(C)=NC(=N1)N32.CC1=NC2=NC(C)=NC3=C(O)C(C)=C(C)C(=N1)N23.CC1=NC2=NC(C)=NC3=C(O)C(C)=NC(=N1)N23. The third-order valence-electron chi connectivity index (χ3n) is 22.3. The van der Waals surface area contributed by atoms with Gasteiger partial charge >= 0.3 is 0 Å². The monoisotopic (exact) mass is 1520 g/mol. The van der Waals surface area contributed by atoms with Gasteiger partial charge in [-0.3, -0.25) is 14.7 Å². The molecule has 0 saturated heterocycles. The lowest BCUT2D eigenvalue weighted by Crippen LogP contribution is -2.44. The predicted octanol–water partition coefficient (Wildman–Crippen LogP) is 17.0. The van der Waals surface area contributed by atoms with Crippen molar-refractivity contribution in [2.24, 2.45) is 89.9 Å². The Bertz CT molecular complexity index is 5900. The van der Waals surface area contributed by atoms with Crippen molar-refractivity contribution < 1.29 is 30.6 Å². The second-order valence-corrected chi connectivity index (χ2v) is 29.6. The fourth-order valence-electron chi connectivity index (χ4n) is 14.6. The van der Waals surface area contributed by atoms with Crippen LogP contribution in [0.1, 0.15) is 201 Å². The highest BCUT2D eigenvalue weighted by atomic mass is 16.3. The summed E-state index contributed by atoms with van der Waals surface area (Å²) in [6.45, 7) is 56.7. The number of aliphatic imine (C=N–C) groups is 18. The molecule has 0 spiro atoms. The van der Waals surface area contributed by atoms with Gasteiger partial charge in [-0.2, -0.15) is 30.0 Å². The van der Waals surface area contributed by atoms with Crippen LogP contribution < -0.4 is 0 Å². The summed E-state index contributed by atoms with van der Waals surface area (Å²) in [4.78, 5) is 89.7. The number of rotatable bonds is 0. The lowest BCUT2D eigenvalue weighted by atomic mass is 9.85. The minimum atomic E-state index is 0.0328. The zero-order valence-electron chi connectivity index (χ0n) is 69.5. The Labute approximate surface area is 657 Å². The molecule has 18 rings (SSSR count). The first-order valence-corrected chi connectivity index (χ1v) is 37.0. The van der Waals surface area contributed by atoms with Crippen LogP contribution in [0.2, 0.25) is 0 Å². The summed E-state index contributed by atoms with van der Waals surface area (Å²) in [6.07, 6.45) is 1.95. The maximum Gasteiger partial charge on any atom is 0.241 e. The molecule has 0 amide bonds. The van der Waals surface area contributed by atoms with Crippen LogP contribution in [-0.4, -0.2) is 165 Å². The van der Waals surface area contributed by atoms with Crippen LogP contribution >= 0.6 is 0 Å². The maximum atomic E-state index is 10.6. The van der Waals surface area contributed by atoms with Crippen molar-refractivity contribution in [3.63, 3.8) is 0 Å². The van der Waals surface area contributed by atoms with Gasteiger partial charge in [0.25, 0.3) is 0 Å². The molecule has 18 aliphatic rings. The van der Waals surface area contributed by atoms with Crippen LogP contribution in [0.3, 0.4) is 0 Å². The third kappa shape index (κ3) is 12.7. The van der Waals surface area contributed by atoms with Crippen molar-refractivity contribution in [3.05, 3.63) is 205 Å². The summed E-state index contributed by atoms with van der Waals surface area (Å²) in [5.41, 5.74) is 28.2. The van der Waals surface area contributed by atoms with E-state index in [4.69, 9.17) is 4.99 Å². The van der Waals surface area contributed by atoms with Crippen molar-refractivity contribution in [2.75, 3.05) is 0 Å². The molecule has 0 unspecified atom stereocenters. The van der Waals surface area contributed by atoms with Crippen LogP contribution in [0.5, 0.6) is 0 Å². The molecule has 0 aromatic rings. The fourth-order valence-corrected chi connectivity index (χ4v) is 14.6. The first-order valence-electron chi connectivity index (χ1n) is 37.0. The molecular formula is C83H94N24O6. The summed E-state index contributed by atoms with van der Waals surface area (Å²) >= 11 is 0. The van der Waals surface area contributed by atoms with Crippen molar-refractivity contribution in [3.8, 4) is 0 Å². The zero-order chi connectivity index (χ0) is 82.5. The third-order valence-corrected chi connectivity index (χ3v) is 22.3. The summed E-state index contributed by atoms with van der Waals surface area (Å²) in [5.74, 6) is 12.2. The van der Waals surface area contributed by atoms with Crippen LogP contribution in [-0.2, 0) is 0 Å². The number of hydrogen-bond donors (Lipinski definition) is 6. The maximum absolute atomic E-state index is 10.6. The van der Waals surface area contributed by atoms with Crippen LogP contribution in [0.15, 0.2) is 295 Å². The van der Waals surface area contributed by atoms with Gasteiger partial charge in [0.2, 0.25) is 23.8 Å². The summed E-state index contributed by atoms with van der Waals surface area (Å²) in [7, 11) is 0. The zero-order valence-corrected chi connectivity index (χ0v) is 69.5. The first-order chi connectivity index (χ1) is 53.1. The van der Waals surface area contributed by atoms with E-state index in [1.807, 2.05) is 120 Å². The quantitative estimate of drug-likeness (QED) is 0.132. The molecule has 0 fully saturated rings. The minimum absolute atomic E-state index is 0.0328. The van der Waals surface area contributed by atoms with Crippen molar-refractivity contribution in [1.82, 2.24) is 29.4 Å². The number of amidine groups is 7. The Morgan fingerprint density at radius 2 is 0.522 bits per heavy atom. The Balaban J connectivity index is 0.000000119. The second kappa shape index (κ2) is 28.4. The smallest absolute Gasteiger partial charge is 0.241 e. The number of guanidine groups is 4. The Morgan fingerprint density at radius 1 is 0.195 bits per heavy atom. The van der Waals surface area contributed by atoms with Crippen molar-refractivity contribution in [2.45, 2.75) is 201 Å². The van der Waals surface area contributed by atoms with E-state index in [0.717, 1.165) is 136 Å². The van der Waals surface area contributed by atoms with Gasteiger partial charge in [-0.05, 0) is 273 Å². The average molecular weight is 1520 g/mol. The normalized spacial score (nSPS) is 22.4. The van der Waals surface area contributed by atoms with E-state index in [1.54, 1.807) is 56.2 Å². The highest BCUT2D eigenvalue weighted by molar-refractivity contribution is 6.24. The summed E-state index contributed by atoms with van der Waals surface area (Å²) in [5, 5.41) is 61.6. The summed E-state index contributed by atoms with van der Waals surface area (Å²) in [6, 6.07) is 0. The predicted molar refractivity (Wildman–Crippen MR) is 453 cm³/mol. The number of aliphatic hydroxyl groups excluding tert-OH is 6. The highest BCUT2D eigenvalue weighted by Crippen LogP contribution is 2.49. The van der Waals surface area contributed by atoms with Gasteiger partial charge in [0.1, 0.15) is 52.5 Å². The molecule has 30 nitrogen and oxygen atoms in total. The van der Waals surface area contributed by atoms with E-state index < -0.39 is 0 Å². The van der Waals surface area contributed by atoms with Crippen LogP contribution in [0.25, 0.3) is 0 Å². The molecule has 0 aromatic heterocycles. The van der Waals surface area contributed by atoms with Crippen molar-refractivity contribution >= 4 is 105 Å². The fraction of sp³-hybridized carbons (Fsp3) is 0.349. The van der Waals surface area contributed by atoms with E-state index >= 15 is 0 Å². The molecule has 0 aliphatic carbocycles. The van der Waals surface area contributed by atoms with Crippen molar-refractivity contribution in [1.29, 1.82) is 0 Å². The minimum Gasteiger partial charge on any atom is -0.504 e. The Hall–Kier alpha value is -13.0. The molecule has 0 saturated carbocycles. The van der Waals surface area contributed by atoms with Gasteiger partial charge in [0.15, 0.2) is 69.5 Å². The van der Waals surface area contributed by atoms with Crippen LogP contribution in [0.4, 0.5) is 0 Å². The van der Waals surface area contributed by atoms with Gasteiger partial charge in [-0.25, -0.2) is 74.6 Å². The molecular weight excluding hydrogens is 1430 g/mol. The largest absolute Gasteiger partial charge is 0.504 e. The molecule has 0 bridgehead atoms. The standard InChI is InChI=1S/C18H22N2O.C16H19N3O.C15H17N3O.2C12H13N5O.C10H10N6O/c1-8-9(2)15-11(4)12(5)17(21)18-19-14(7)13(6)16(10(8)3)20(15)18;1-7-8(2)15-17-11(5)9(3)13-10(4)12(6)18-16(14(7)20)19(13)15;1-7-6-12-17-11(5)10(4)13-8(2)9(3)14(19)15(16-7)18(12)13;1-5-6(2)14-12-16-8(4)15-11-9(18)7(3)13-10(5)17(11)12;1-5-6(2)10-13-7(3)15-12-16-8(4)14-11(9(5)18)17(10)12;1-4-7(17)8-12-5(2)13-10-15-6(3)14-9(11-4)16(8)10/h21H,1-7H3;20H,1-6H3;6,19H,1-5H3;2*18H,1-4H3;17H,1-3H3. The molecule has 18 aliphatic heterocycles. The number of hydrogen-bond acceptors (Lipinski definition) is 30. The van der Waals surface area contributed by atoms with Gasteiger partial charge < -0.3 is 30.6 Å². The van der Waals surface area contributed by atoms with E-state index in [0.29, 0.717) is 105 Å². The van der Waals surface area contributed by atoms with E-state index in [2.05, 4.69) is 145 Å². The van der Waals surface area contributed by atoms with Gasteiger partial charge in [0.05, 0.1) is 34.2 Å². The number of aliphatic hydroxyl groups is 6. The molecule has 18 heterocycles. The van der Waals surface area contributed by atoms with Gasteiger partial charge in [0, 0.05) is 57.1 Å². The molecule has 0 aromatic carbocycles. The molecule has 0 radical (unpaired) electrons. The number of allylic oxidation sites excluding steroid dienone is 18. The molecule has 0 atom stereocenters. The topological polar surface area (TPSA) is 363 Å². The van der Waals surface area contributed by atoms with Gasteiger partial charge in [-0.15, -0.1) is 0 Å². The van der Waals surface area contributed by atoms with Crippen LogP contribution in [0, 0.1) is 0 Å². The molecule has 6 N–H and O–H groups in total. The first kappa shape index (κ1) is 78.1. The van der Waals surface area contributed by atoms with E-state index in [-0.39, 0.29) is 28.8 Å². The molecule has 582 valence electrons. The lowest BCUT2D eigenvalue weighted by molar-refractivity contribution is 0.368. The molecule has 30 heteroatoms. The Kier molecular flexibility index (Phi) is 19.6. The summed E-state index contributed by atoms with van der Waals surface area (Å²) < 4.78 is 0. The van der Waals surface area contributed by atoms with E-state index in [9.17, 15) is 30.6 Å². The molecule has 113 heavy (non-hydrogen) atoms. The number of nitrogens with zero attached hydrogens (tertiary/aromatic N) is 24. The lowest BCUT2D eigenvalue weighted by Gasteiger charge is -2.43. The second-order valence-electron chi connectivity index (χ2n) is 29.6. The average Bonchev–Trinajstić information content (AvgIpc) is 0.725. The highest BCUT2D eigenvalue weighted by Gasteiger charge is 2.44. The Morgan fingerprint density at radius 3 is 1.04 bits per heavy atom.